The molecular weight excluding hydrogens is 260 g/mol. The normalized spacial score (nSPS) is 18.0. The van der Waals surface area contributed by atoms with Crippen molar-refractivity contribution in [3.05, 3.63) is 30.0 Å². The number of carbonyl (C=O) groups is 1. The number of rotatable bonds is 2. The first-order valence-electron chi connectivity index (χ1n) is 6.46. The molecule has 1 aliphatic carbocycles. The molecule has 102 valence electrons. The average molecular weight is 272 g/mol. The highest BCUT2D eigenvalue weighted by molar-refractivity contribution is 5.86. The van der Waals surface area contributed by atoms with Crippen molar-refractivity contribution >= 4 is 5.97 Å². The highest BCUT2D eigenvalue weighted by Crippen LogP contribution is 2.49. The molecule has 0 saturated heterocycles. The molecule has 0 radical (unpaired) electrons. The Morgan fingerprint density at radius 2 is 2.05 bits per heavy atom. The quantitative estimate of drug-likeness (QED) is 0.877. The van der Waals surface area contributed by atoms with Crippen LogP contribution in [0.4, 0.5) is 0 Å². The van der Waals surface area contributed by atoms with E-state index in [0.717, 1.165) is 30.6 Å². The van der Waals surface area contributed by atoms with Crippen LogP contribution < -0.4 is 9.47 Å². The van der Waals surface area contributed by atoms with E-state index >= 15 is 0 Å². The van der Waals surface area contributed by atoms with E-state index in [1.165, 1.54) is 6.07 Å². The lowest BCUT2D eigenvalue weighted by Gasteiger charge is -2.35. The van der Waals surface area contributed by atoms with Gasteiger partial charge in [0.1, 0.15) is 5.69 Å². The number of carboxylic acids is 1. The SMILES string of the molecule is O=C(O)c1cc(-c2ccc3c(c2)OC2(CCC2)O3)n[nH]1. The number of ether oxygens (including phenoxy) is 2. The van der Waals surface area contributed by atoms with Crippen LogP contribution in [0, 0.1) is 0 Å². The molecule has 6 heteroatoms. The van der Waals surface area contributed by atoms with Gasteiger partial charge in [-0.15, -0.1) is 0 Å². The third kappa shape index (κ3) is 1.57. The summed E-state index contributed by atoms with van der Waals surface area (Å²) >= 11 is 0. The van der Waals surface area contributed by atoms with Crippen LogP contribution in [0.15, 0.2) is 24.3 Å². The highest BCUT2D eigenvalue weighted by Gasteiger charge is 2.47. The van der Waals surface area contributed by atoms with E-state index in [1.54, 1.807) is 0 Å². The fourth-order valence-corrected chi connectivity index (χ4v) is 2.50. The van der Waals surface area contributed by atoms with Crippen molar-refractivity contribution in [2.45, 2.75) is 25.0 Å². The number of carboxylic acid groups (broad SMARTS) is 1. The third-order valence-corrected chi connectivity index (χ3v) is 3.76. The molecule has 2 heterocycles. The van der Waals surface area contributed by atoms with Crippen LogP contribution in [0.2, 0.25) is 0 Å². The second-order valence-electron chi connectivity index (χ2n) is 5.10. The standard InChI is InChI=1S/C14H12N2O4/c17-13(18)10-7-9(15-16-10)8-2-3-11-12(6-8)20-14(19-11)4-1-5-14/h2-3,6-7H,1,4-5H2,(H,15,16)(H,17,18). The van der Waals surface area contributed by atoms with Crippen LogP contribution in [-0.2, 0) is 0 Å². The maximum atomic E-state index is 10.8. The van der Waals surface area contributed by atoms with Crippen molar-refractivity contribution in [1.82, 2.24) is 10.2 Å². The van der Waals surface area contributed by atoms with Crippen LogP contribution in [0.3, 0.4) is 0 Å². The van der Waals surface area contributed by atoms with Crippen molar-refractivity contribution in [3.63, 3.8) is 0 Å². The Morgan fingerprint density at radius 1 is 1.25 bits per heavy atom. The fraction of sp³-hybridized carbons (Fsp3) is 0.286. The van der Waals surface area contributed by atoms with E-state index in [1.807, 2.05) is 18.2 Å². The summed E-state index contributed by atoms with van der Waals surface area (Å²) in [4.78, 5) is 10.8. The number of aromatic nitrogens is 2. The molecule has 0 bridgehead atoms. The first-order chi connectivity index (χ1) is 9.65. The summed E-state index contributed by atoms with van der Waals surface area (Å²) in [7, 11) is 0. The number of hydrogen-bond donors (Lipinski definition) is 2. The number of nitrogens with zero attached hydrogens (tertiary/aromatic N) is 1. The van der Waals surface area contributed by atoms with Gasteiger partial charge in [-0.2, -0.15) is 5.10 Å². The zero-order chi connectivity index (χ0) is 13.7. The molecule has 1 aliphatic heterocycles. The lowest BCUT2D eigenvalue weighted by molar-refractivity contribution is -0.138. The Kier molecular flexibility index (Phi) is 2.13. The molecule has 2 aromatic rings. The van der Waals surface area contributed by atoms with Gasteiger partial charge in [-0.1, -0.05) is 0 Å². The third-order valence-electron chi connectivity index (χ3n) is 3.76. The Morgan fingerprint density at radius 3 is 2.70 bits per heavy atom. The topological polar surface area (TPSA) is 84.4 Å². The molecular formula is C14H12N2O4. The molecule has 0 amide bonds. The zero-order valence-electron chi connectivity index (χ0n) is 10.5. The molecule has 0 atom stereocenters. The summed E-state index contributed by atoms with van der Waals surface area (Å²) in [5.41, 5.74) is 1.43. The number of H-pyrrole nitrogens is 1. The molecule has 4 rings (SSSR count). The maximum absolute atomic E-state index is 10.8. The van der Waals surface area contributed by atoms with E-state index in [2.05, 4.69) is 10.2 Å². The minimum atomic E-state index is -1.03. The summed E-state index contributed by atoms with van der Waals surface area (Å²) < 4.78 is 11.7. The molecule has 1 fully saturated rings. The van der Waals surface area contributed by atoms with Gasteiger partial charge < -0.3 is 14.6 Å². The number of hydrogen-bond acceptors (Lipinski definition) is 4. The molecule has 20 heavy (non-hydrogen) atoms. The van der Waals surface area contributed by atoms with E-state index in [4.69, 9.17) is 14.6 Å². The number of benzene rings is 1. The van der Waals surface area contributed by atoms with Crippen LogP contribution in [0.1, 0.15) is 29.8 Å². The van der Waals surface area contributed by atoms with Crippen LogP contribution in [0.5, 0.6) is 11.5 Å². The van der Waals surface area contributed by atoms with Gasteiger partial charge in [-0.3, -0.25) is 5.10 Å². The summed E-state index contributed by atoms with van der Waals surface area (Å²) in [6.07, 6.45) is 2.92. The van der Waals surface area contributed by atoms with Gasteiger partial charge in [0.05, 0.1) is 5.69 Å². The van der Waals surface area contributed by atoms with Crippen LogP contribution in [0.25, 0.3) is 11.3 Å². The maximum Gasteiger partial charge on any atom is 0.353 e. The molecule has 2 N–H and O–H groups in total. The van der Waals surface area contributed by atoms with E-state index in [0.29, 0.717) is 11.4 Å². The molecule has 1 spiro atoms. The van der Waals surface area contributed by atoms with Crippen LogP contribution in [-0.4, -0.2) is 27.1 Å². The number of aromatic carboxylic acids is 1. The largest absolute Gasteiger partial charge is 0.477 e. The first kappa shape index (κ1) is 11.3. The first-order valence-corrected chi connectivity index (χ1v) is 6.46. The Hall–Kier alpha value is -2.50. The summed E-state index contributed by atoms with van der Waals surface area (Å²) in [6.45, 7) is 0. The predicted molar refractivity (Wildman–Crippen MR) is 68.8 cm³/mol. The molecule has 1 aromatic heterocycles. The molecule has 1 aromatic carbocycles. The van der Waals surface area contributed by atoms with Crippen molar-refractivity contribution in [2.75, 3.05) is 0 Å². The zero-order valence-corrected chi connectivity index (χ0v) is 10.5. The lowest BCUT2D eigenvalue weighted by Crippen LogP contribution is -2.45. The molecule has 0 unspecified atom stereocenters. The average Bonchev–Trinajstić information content (AvgIpc) is 3.01. The van der Waals surface area contributed by atoms with Crippen LogP contribution >= 0.6 is 0 Å². The minimum absolute atomic E-state index is 0.0631. The van der Waals surface area contributed by atoms with Gasteiger partial charge in [0.25, 0.3) is 5.79 Å². The highest BCUT2D eigenvalue weighted by atomic mass is 16.7. The predicted octanol–water partition coefficient (Wildman–Crippen LogP) is 2.43. The van der Waals surface area contributed by atoms with Gasteiger partial charge in [-0.05, 0) is 30.7 Å². The van der Waals surface area contributed by atoms with Crippen molar-refractivity contribution < 1.29 is 19.4 Å². The van der Waals surface area contributed by atoms with Gasteiger partial charge in [0.2, 0.25) is 0 Å². The molecule has 2 aliphatic rings. The second-order valence-corrected chi connectivity index (χ2v) is 5.10. The fourth-order valence-electron chi connectivity index (χ4n) is 2.50. The molecule has 6 nitrogen and oxygen atoms in total. The number of aromatic amines is 1. The van der Waals surface area contributed by atoms with Gasteiger partial charge in [-0.25, -0.2) is 4.79 Å². The Balaban J connectivity index is 1.67. The Bertz CT molecular complexity index is 703. The monoisotopic (exact) mass is 272 g/mol. The van der Waals surface area contributed by atoms with Crippen molar-refractivity contribution in [1.29, 1.82) is 0 Å². The molecule has 1 saturated carbocycles. The van der Waals surface area contributed by atoms with Gasteiger partial charge in [0.15, 0.2) is 11.5 Å². The van der Waals surface area contributed by atoms with Gasteiger partial charge in [0, 0.05) is 18.4 Å². The number of nitrogens with one attached hydrogen (secondary N) is 1. The lowest BCUT2D eigenvalue weighted by atomic mass is 9.91. The summed E-state index contributed by atoms with van der Waals surface area (Å²) in [5, 5.41) is 15.4. The number of fused-ring (bicyclic) bond motifs is 1. The summed E-state index contributed by atoms with van der Waals surface area (Å²) in [5.74, 6) is -0.0545. The van der Waals surface area contributed by atoms with Gasteiger partial charge >= 0.3 is 5.97 Å². The van der Waals surface area contributed by atoms with Crippen molar-refractivity contribution in [3.8, 4) is 22.8 Å². The minimum Gasteiger partial charge on any atom is -0.477 e. The summed E-state index contributed by atoms with van der Waals surface area (Å²) in [6, 6.07) is 7.03. The Labute approximate surface area is 114 Å². The second kappa shape index (κ2) is 3.75. The smallest absolute Gasteiger partial charge is 0.353 e. The van der Waals surface area contributed by atoms with E-state index < -0.39 is 11.8 Å². The van der Waals surface area contributed by atoms with E-state index in [-0.39, 0.29) is 5.69 Å². The van der Waals surface area contributed by atoms with E-state index in [9.17, 15) is 4.79 Å². The van der Waals surface area contributed by atoms with Crippen molar-refractivity contribution in [2.24, 2.45) is 0 Å².